The Hall–Kier alpha value is -0.300. The van der Waals surface area contributed by atoms with Gasteiger partial charge in [0.25, 0.3) is 0 Å². The maximum atomic E-state index is 5.53. The van der Waals surface area contributed by atoms with Crippen molar-refractivity contribution in [3.05, 3.63) is 12.7 Å². The summed E-state index contributed by atoms with van der Waals surface area (Å²) in [4.78, 5) is 0. The molecular formula is C10H16O. The van der Waals surface area contributed by atoms with Crippen LogP contribution in [-0.4, -0.2) is 12.2 Å². The van der Waals surface area contributed by atoms with Gasteiger partial charge in [0.1, 0.15) is 0 Å². The minimum atomic E-state index is 0.364. The molecule has 1 saturated carbocycles. The molecule has 1 saturated heterocycles. The minimum Gasteiger partial charge on any atom is -0.369 e. The first-order valence-electron chi connectivity index (χ1n) is 4.62. The monoisotopic (exact) mass is 152 g/mol. The molecule has 0 radical (unpaired) electrons. The second kappa shape index (κ2) is 2.63. The summed E-state index contributed by atoms with van der Waals surface area (Å²) in [7, 11) is 0. The number of epoxide rings is 1. The zero-order valence-electron chi connectivity index (χ0n) is 7.01. The first-order valence-corrected chi connectivity index (χ1v) is 4.62. The van der Waals surface area contributed by atoms with Gasteiger partial charge in [-0.2, -0.15) is 0 Å². The molecule has 1 aliphatic carbocycles. The highest BCUT2D eigenvalue weighted by Gasteiger charge is 2.53. The smallest absolute Gasteiger partial charge is 0.0944 e. The molecule has 1 heterocycles. The zero-order chi connectivity index (χ0) is 7.73. The van der Waals surface area contributed by atoms with Gasteiger partial charge in [-0.3, -0.25) is 0 Å². The van der Waals surface area contributed by atoms with E-state index in [0.717, 1.165) is 18.9 Å². The van der Waals surface area contributed by atoms with Crippen molar-refractivity contribution in [1.29, 1.82) is 0 Å². The molecule has 2 aliphatic rings. The fourth-order valence-corrected chi connectivity index (χ4v) is 2.31. The molecule has 62 valence electrons. The van der Waals surface area contributed by atoms with Crippen LogP contribution in [0.5, 0.6) is 0 Å². The molecule has 1 spiro atoms. The first-order chi connectivity index (χ1) is 5.37. The topological polar surface area (TPSA) is 12.5 Å². The van der Waals surface area contributed by atoms with E-state index in [-0.39, 0.29) is 0 Å². The SMILES string of the molecule is C=CCCC1CCCC12CO2. The Labute approximate surface area is 68.4 Å². The van der Waals surface area contributed by atoms with Crippen LogP contribution in [0.1, 0.15) is 32.1 Å². The van der Waals surface area contributed by atoms with Gasteiger partial charge >= 0.3 is 0 Å². The Bertz CT molecular complexity index is 158. The lowest BCUT2D eigenvalue weighted by atomic mass is 9.92. The summed E-state index contributed by atoms with van der Waals surface area (Å²) in [6.45, 7) is 4.79. The summed E-state index contributed by atoms with van der Waals surface area (Å²) in [6, 6.07) is 0. The maximum absolute atomic E-state index is 5.53. The standard InChI is InChI=1S/C10H16O/c1-2-3-5-9-6-4-7-10(9)8-11-10/h2,9H,1,3-8H2. The average Bonchev–Trinajstić information content (AvgIpc) is 2.64. The van der Waals surface area contributed by atoms with Crippen molar-refractivity contribution in [1.82, 2.24) is 0 Å². The Kier molecular flexibility index (Phi) is 1.76. The first kappa shape index (κ1) is 7.35. The van der Waals surface area contributed by atoms with Crippen molar-refractivity contribution < 1.29 is 4.74 Å². The van der Waals surface area contributed by atoms with E-state index in [9.17, 15) is 0 Å². The highest BCUT2D eigenvalue weighted by molar-refractivity contribution is 5.02. The van der Waals surface area contributed by atoms with Crippen LogP contribution in [0.3, 0.4) is 0 Å². The van der Waals surface area contributed by atoms with E-state index in [1.165, 1.54) is 25.7 Å². The van der Waals surface area contributed by atoms with E-state index < -0.39 is 0 Å². The van der Waals surface area contributed by atoms with Gasteiger partial charge in [0.2, 0.25) is 0 Å². The number of hydrogen-bond donors (Lipinski definition) is 0. The molecule has 2 atom stereocenters. The number of rotatable bonds is 3. The van der Waals surface area contributed by atoms with Gasteiger partial charge in [-0.25, -0.2) is 0 Å². The summed E-state index contributed by atoms with van der Waals surface area (Å²) >= 11 is 0. The van der Waals surface area contributed by atoms with Crippen LogP contribution in [0, 0.1) is 5.92 Å². The highest BCUT2D eigenvalue weighted by Crippen LogP contribution is 2.49. The molecule has 1 aliphatic heterocycles. The Balaban J connectivity index is 1.87. The van der Waals surface area contributed by atoms with Crippen LogP contribution in [0.4, 0.5) is 0 Å². The minimum absolute atomic E-state index is 0.364. The van der Waals surface area contributed by atoms with Crippen molar-refractivity contribution in [2.45, 2.75) is 37.7 Å². The lowest BCUT2D eigenvalue weighted by Crippen LogP contribution is -2.16. The zero-order valence-corrected chi connectivity index (χ0v) is 7.01. The molecule has 0 N–H and O–H groups in total. The molecule has 2 rings (SSSR count). The van der Waals surface area contributed by atoms with E-state index in [0.29, 0.717) is 5.60 Å². The van der Waals surface area contributed by atoms with Gasteiger partial charge in [0, 0.05) is 0 Å². The van der Waals surface area contributed by atoms with Crippen LogP contribution in [0.15, 0.2) is 12.7 Å². The van der Waals surface area contributed by atoms with Crippen LogP contribution >= 0.6 is 0 Å². The Morgan fingerprint density at radius 2 is 2.45 bits per heavy atom. The van der Waals surface area contributed by atoms with E-state index in [4.69, 9.17) is 4.74 Å². The van der Waals surface area contributed by atoms with E-state index in [1.807, 2.05) is 6.08 Å². The molecule has 0 aromatic rings. The summed E-state index contributed by atoms with van der Waals surface area (Å²) in [5.74, 6) is 0.848. The predicted octanol–water partition coefficient (Wildman–Crippen LogP) is 2.52. The van der Waals surface area contributed by atoms with Gasteiger partial charge < -0.3 is 4.74 Å². The van der Waals surface area contributed by atoms with Crippen molar-refractivity contribution in [3.8, 4) is 0 Å². The van der Waals surface area contributed by atoms with Gasteiger partial charge in [-0.15, -0.1) is 6.58 Å². The summed E-state index contributed by atoms with van der Waals surface area (Å²) in [5.41, 5.74) is 0.364. The van der Waals surface area contributed by atoms with Crippen molar-refractivity contribution >= 4 is 0 Å². The second-order valence-corrected chi connectivity index (χ2v) is 3.81. The highest BCUT2D eigenvalue weighted by atomic mass is 16.6. The molecule has 1 nitrogen and oxygen atoms in total. The summed E-state index contributed by atoms with van der Waals surface area (Å²) in [6.07, 6.45) is 8.55. The molecule has 0 aromatic carbocycles. The van der Waals surface area contributed by atoms with E-state index in [2.05, 4.69) is 6.58 Å². The lowest BCUT2D eigenvalue weighted by molar-refractivity contribution is 0.238. The Morgan fingerprint density at radius 1 is 1.64 bits per heavy atom. The lowest BCUT2D eigenvalue weighted by Gasteiger charge is -2.13. The molecule has 1 heteroatoms. The van der Waals surface area contributed by atoms with Gasteiger partial charge in [-0.1, -0.05) is 12.5 Å². The third-order valence-corrected chi connectivity index (χ3v) is 3.13. The van der Waals surface area contributed by atoms with E-state index >= 15 is 0 Å². The molecule has 2 fully saturated rings. The normalized spacial score (nSPS) is 41.3. The quantitative estimate of drug-likeness (QED) is 0.447. The van der Waals surface area contributed by atoms with Crippen molar-refractivity contribution in [2.24, 2.45) is 5.92 Å². The molecule has 0 amide bonds. The fourth-order valence-electron chi connectivity index (χ4n) is 2.31. The maximum Gasteiger partial charge on any atom is 0.0944 e. The largest absolute Gasteiger partial charge is 0.369 e. The summed E-state index contributed by atoms with van der Waals surface area (Å²) < 4.78 is 5.53. The van der Waals surface area contributed by atoms with Gasteiger partial charge in [-0.05, 0) is 31.6 Å². The molecule has 0 bridgehead atoms. The van der Waals surface area contributed by atoms with Crippen molar-refractivity contribution in [3.63, 3.8) is 0 Å². The van der Waals surface area contributed by atoms with Gasteiger partial charge in [0.15, 0.2) is 0 Å². The third kappa shape index (κ3) is 1.22. The molecule has 2 unspecified atom stereocenters. The predicted molar refractivity (Wildman–Crippen MR) is 45.5 cm³/mol. The fraction of sp³-hybridized carbons (Fsp3) is 0.800. The second-order valence-electron chi connectivity index (χ2n) is 3.81. The number of hydrogen-bond acceptors (Lipinski definition) is 1. The number of allylic oxidation sites excluding steroid dienone is 1. The summed E-state index contributed by atoms with van der Waals surface area (Å²) in [5, 5.41) is 0. The van der Waals surface area contributed by atoms with Crippen molar-refractivity contribution in [2.75, 3.05) is 6.61 Å². The molecular weight excluding hydrogens is 136 g/mol. The third-order valence-electron chi connectivity index (χ3n) is 3.13. The van der Waals surface area contributed by atoms with Crippen LogP contribution in [0.25, 0.3) is 0 Å². The van der Waals surface area contributed by atoms with E-state index in [1.54, 1.807) is 0 Å². The van der Waals surface area contributed by atoms with Gasteiger partial charge in [0.05, 0.1) is 12.2 Å². The number of ether oxygens (including phenoxy) is 1. The van der Waals surface area contributed by atoms with Crippen LogP contribution in [-0.2, 0) is 4.74 Å². The van der Waals surface area contributed by atoms with Crippen LogP contribution in [0.2, 0.25) is 0 Å². The molecule has 0 aromatic heterocycles. The molecule has 11 heavy (non-hydrogen) atoms. The van der Waals surface area contributed by atoms with Crippen LogP contribution < -0.4 is 0 Å². The Morgan fingerprint density at radius 3 is 3.09 bits per heavy atom. The average molecular weight is 152 g/mol.